The van der Waals surface area contributed by atoms with Gasteiger partial charge in [0.15, 0.2) is 0 Å². The van der Waals surface area contributed by atoms with Crippen LogP contribution in [-0.4, -0.2) is 31.7 Å². The largest absolute Gasteiger partial charge is 0.349 e. The molecule has 0 spiro atoms. The summed E-state index contributed by atoms with van der Waals surface area (Å²) in [6.45, 7) is 6.07. The predicted octanol–water partition coefficient (Wildman–Crippen LogP) is 4.01. The summed E-state index contributed by atoms with van der Waals surface area (Å²) in [6.07, 6.45) is 7.97. The van der Waals surface area contributed by atoms with Gasteiger partial charge in [0.1, 0.15) is 0 Å². The minimum absolute atomic E-state index is 0.0301. The van der Waals surface area contributed by atoms with Crippen molar-refractivity contribution in [2.24, 2.45) is 7.05 Å². The molecule has 0 radical (unpaired) electrons. The Morgan fingerprint density at radius 3 is 2.73 bits per heavy atom. The summed E-state index contributed by atoms with van der Waals surface area (Å²) in [4.78, 5) is 22.3. The molecular weight excluding hydrogens is 374 g/mol. The van der Waals surface area contributed by atoms with Crippen LogP contribution in [0.15, 0.2) is 55.1 Å². The average molecular weight is 399 g/mol. The average Bonchev–Trinajstić information content (AvgIpc) is 3.13. The maximum Gasteiger partial charge on any atom is 0.252 e. The van der Waals surface area contributed by atoms with E-state index in [1.54, 1.807) is 17.1 Å². The molecule has 1 amide bonds. The van der Waals surface area contributed by atoms with E-state index < -0.39 is 0 Å². The lowest BCUT2D eigenvalue weighted by Crippen LogP contribution is -2.34. The molecule has 3 aromatic heterocycles. The SMILES string of the molecule is Cc1cc(C)c2c(C(=O)N[C@H](C)Cc3cccnc3)cc(-c3cnn(C)c3)nc2c1. The van der Waals surface area contributed by atoms with Crippen molar-refractivity contribution in [2.45, 2.75) is 33.2 Å². The van der Waals surface area contributed by atoms with E-state index in [0.717, 1.165) is 45.3 Å². The molecule has 152 valence electrons. The van der Waals surface area contributed by atoms with Gasteiger partial charge < -0.3 is 5.32 Å². The van der Waals surface area contributed by atoms with Gasteiger partial charge in [-0.3, -0.25) is 14.5 Å². The minimum atomic E-state index is -0.101. The van der Waals surface area contributed by atoms with Crippen LogP contribution in [0.1, 0.15) is 34.0 Å². The first kappa shape index (κ1) is 19.8. The third-order valence-electron chi connectivity index (χ3n) is 5.14. The topological polar surface area (TPSA) is 72.7 Å². The van der Waals surface area contributed by atoms with E-state index in [-0.39, 0.29) is 11.9 Å². The number of nitrogens with one attached hydrogen (secondary N) is 1. The van der Waals surface area contributed by atoms with E-state index in [0.29, 0.717) is 5.56 Å². The van der Waals surface area contributed by atoms with Gasteiger partial charge in [0, 0.05) is 42.6 Å². The third kappa shape index (κ3) is 4.08. The van der Waals surface area contributed by atoms with Gasteiger partial charge in [0.05, 0.1) is 23.0 Å². The Bertz CT molecular complexity index is 1210. The minimum Gasteiger partial charge on any atom is -0.349 e. The molecule has 0 saturated heterocycles. The second-order valence-corrected chi connectivity index (χ2v) is 7.87. The number of rotatable bonds is 5. The summed E-state index contributed by atoms with van der Waals surface area (Å²) >= 11 is 0. The summed E-state index contributed by atoms with van der Waals surface area (Å²) in [5.74, 6) is -0.101. The van der Waals surface area contributed by atoms with Crippen LogP contribution in [0.2, 0.25) is 0 Å². The predicted molar refractivity (Wildman–Crippen MR) is 118 cm³/mol. The Hall–Kier alpha value is -3.54. The fraction of sp³-hybridized carbons (Fsp3) is 0.250. The summed E-state index contributed by atoms with van der Waals surface area (Å²) in [6, 6.07) is 9.88. The zero-order chi connectivity index (χ0) is 21.3. The number of benzene rings is 1. The van der Waals surface area contributed by atoms with Crippen LogP contribution in [0.4, 0.5) is 0 Å². The van der Waals surface area contributed by atoms with Crippen molar-refractivity contribution in [3.8, 4) is 11.3 Å². The van der Waals surface area contributed by atoms with Crippen LogP contribution >= 0.6 is 0 Å². The number of hydrogen-bond donors (Lipinski definition) is 1. The third-order valence-corrected chi connectivity index (χ3v) is 5.14. The molecule has 30 heavy (non-hydrogen) atoms. The molecule has 0 aliphatic carbocycles. The summed E-state index contributed by atoms with van der Waals surface area (Å²) < 4.78 is 1.73. The number of carbonyl (C=O) groups is 1. The van der Waals surface area contributed by atoms with Gasteiger partial charge in [-0.2, -0.15) is 5.10 Å². The van der Waals surface area contributed by atoms with Crippen molar-refractivity contribution in [2.75, 3.05) is 0 Å². The van der Waals surface area contributed by atoms with Gasteiger partial charge in [0.25, 0.3) is 5.91 Å². The Balaban J connectivity index is 1.73. The molecule has 1 N–H and O–H groups in total. The van der Waals surface area contributed by atoms with Gasteiger partial charge in [-0.05, 0) is 62.1 Å². The van der Waals surface area contributed by atoms with Crippen molar-refractivity contribution in [3.63, 3.8) is 0 Å². The lowest BCUT2D eigenvalue weighted by Gasteiger charge is -2.16. The van der Waals surface area contributed by atoms with Gasteiger partial charge >= 0.3 is 0 Å². The molecule has 0 fully saturated rings. The molecule has 0 aliphatic heterocycles. The molecule has 1 aromatic carbocycles. The first-order chi connectivity index (χ1) is 14.4. The Morgan fingerprint density at radius 1 is 1.20 bits per heavy atom. The van der Waals surface area contributed by atoms with Gasteiger partial charge in [-0.1, -0.05) is 12.1 Å². The molecule has 1 atom stereocenters. The summed E-state index contributed by atoms with van der Waals surface area (Å²) in [5, 5.41) is 8.28. The molecule has 0 unspecified atom stereocenters. The number of amides is 1. The van der Waals surface area contributed by atoms with Gasteiger partial charge in [-0.15, -0.1) is 0 Å². The highest BCUT2D eigenvalue weighted by Gasteiger charge is 2.18. The lowest BCUT2D eigenvalue weighted by molar-refractivity contribution is 0.0941. The zero-order valence-electron chi connectivity index (χ0n) is 17.7. The number of nitrogens with zero attached hydrogens (tertiary/aromatic N) is 4. The molecule has 6 heteroatoms. The van der Waals surface area contributed by atoms with E-state index in [1.165, 1.54) is 0 Å². The Morgan fingerprint density at radius 2 is 2.03 bits per heavy atom. The summed E-state index contributed by atoms with van der Waals surface area (Å²) in [5.41, 5.74) is 6.33. The molecule has 0 saturated carbocycles. The molecule has 0 bridgehead atoms. The van der Waals surface area contributed by atoms with Crippen molar-refractivity contribution in [1.29, 1.82) is 0 Å². The number of aryl methyl sites for hydroxylation is 3. The highest BCUT2D eigenvalue weighted by Crippen LogP contribution is 2.28. The number of carbonyl (C=O) groups excluding carboxylic acids is 1. The van der Waals surface area contributed by atoms with E-state index in [2.05, 4.69) is 21.5 Å². The molecule has 0 aliphatic rings. The lowest BCUT2D eigenvalue weighted by atomic mass is 9.98. The van der Waals surface area contributed by atoms with Crippen LogP contribution in [0.25, 0.3) is 22.2 Å². The molecule has 6 nitrogen and oxygen atoms in total. The molecule has 4 aromatic rings. The highest BCUT2D eigenvalue weighted by molar-refractivity contribution is 6.08. The maximum atomic E-state index is 13.3. The van der Waals surface area contributed by atoms with Crippen molar-refractivity contribution < 1.29 is 4.79 Å². The zero-order valence-corrected chi connectivity index (χ0v) is 17.7. The first-order valence-corrected chi connectivity index (χ1v) is 10.0. The van der Waals surface area contributed by atoms with Crippen LogP contribution in [0.5, 0.6) is 0 Å². The first-order valence-electron chi connectivity index (χ1n) is 10.0. The van der Waals surface area contributed by atoms with Crippen LogP contribution in [-0.2, 0) is 13.5 Å². The Kier molecular flexibility index (Phi) is 5.31. The van der Waals surface area contributed by atoms with Crippen LogP contribution in [0.3, 0.4) is 0 Å². The fourth-order valence-corrected chi connectivity index (χ4v) is 3.86. The van der Waals surface area contributed by atoms with Crippen molar-refractivity contribution in [1.82, 2.24) is 25.1 Å². The second kappa shape index (κ2) is 8.06. The quantitative estimate of drug-likeness (QED) is 0.550. The number of pyridine rings is 2. The van der Waals surface area contributed by atoms with Crippen molar-refractivity contribution in [3.05, 3.63) is 77.4 Å². The van der Waals surface area contributed by atoms with E-state index in [1.807, 2.05) is 64.5 Å². The number of aromatic nitrogens is 4. The van der Waals surface area contributed by atoms with Gasteiger partial charge in [-0.25, -0.2) is 4.98 Å². The van der Waals surface area contributed by atoms with E-state index in [4.69, 9.17) is 4.98 Å². The molecule has 3 heterocycles. The normalized spacial score (nSPS) is 12.1. The maximum absolute atomic E-state index is 13.3. The van der Waals surface area contributed by atoms with Crippen LogP contribution in [0, 0.1) is 13.8 Å². The number of fused-ring (bicyclic) bond motifs is 1. The Labute approximate surface area is 176 Å². The van der Waals surface area contributed by atoms with Crippen LogP contribution < -0.4 is 5.32 Å². The number of hydrogen-bond acceptors (Lipinski definition) is 4. The summed E-state index contributed by atoms with van der Waals surface area (Å²) in [7, 11) is 1.87. The van der Waals surface area contributed by atoms with E-state index >= 15 is 0 Å². The highest BCUT2D eigenvalue weighted by atomic mass is 16.1. The fourth-order valence-electron chi connectivity index (χ4n) is 3.86. The molecule has 4 rings (SSSR count). The van der Waals surface area contributed by atoms with Gasteiger partial charge in [0.2, 0.25) is 0 Å². The van der Waals surface area contributed by atoms with Crippen molar-refractivity contribution >= 4 is 16.8 Å². The van der Waals surface area contributed by atoms with E-state index in [9.17, 15) is 4.79 Å². The molecular formula is C24H25N5O. The smallest absolute Gasteiger partial charge is 0.252 e. The second-order valence-electron chi connectivity index (χ2n) is 7.87. The standard InChI is InChI=1S/C24H25N5O/c1-15-8-16(2)23-20(24(30)27-17(3)10-18-6-5-7-25-12-18)11-21(28-22(23)9-15)19-13-26-29(4)14-19/h5-9,11-14,17H,10H2,1-4H3,(H,27,30)/t17-/m1/s1. The monoisotopic (exact) mass is 399 g/mol.